The molecule has 0 unspecified atom stereocenters. The van der Waals surface area contributed by atoms with E-state index in [0.717, 1.165) is 17.5 Å². The zero-order valence-electron chi connectivity index (χ0n) is 15.1. The van der Waals surface area contributed by atoms with Crippen LogP contribution in [0.4, 0.5) is 5.69 Å². The van der Waals surface area contributed by atoms with Crippen molar-refractivity contribution < 1.29 is 4.92 Å². The monoisotopic (exact) mass is 359 g/mol. The second-order valence-electron chi connectivity index (χ2n) is 6.59. The number of hydrogen-bond donors (Lipinski definition) is 0. The summed E-state index contributed by atoms with van der Waals surface area (Å²) in [6.07, 6.45) is 8.77. The van der Waals surface area contributed by atoms with E-state index in [4.69, 9.17) is 11.6 Å². The Labute approximate surface area is 155 Å². The van der Waals surface area contributed by atoms with Gasteiger partial charge in [-0.15, -0.1) is 0 Å². The van der Waals surface area contributed by atoms with Gasteiger partial charge in [0.2, 0.25) is 0 Å². The fourth-order valence-corrected chi connectivity index (χ4v) is 3.17. The molecular formula is C21H26ClNO2. The molecule has 0 atom stereocenters. The van der Waals surface area contributed by atoms with E-state index >= 15 is 0 Å². The van der Waals surface area contributed by atoms with Crippen LogP contribution in [0.5, 0.6) is 0 Å². The summed E-state index contributed by atoms with van der Waals surface area (Å²) in [4.78, 5) is 11.0. The maximum Gasteiger partial charge on any atom is 0.278 e. The molecule has 0 fully saturated rings. The molecule has 0 heterocycles. The van der Waals surface area contributed by atoms with Crippen LogP contribution in [0.2, 0.25) is 5.02 Å². The highest BCUT2D eigenvalue weighted by atomic mass is 35.5. The first-order valence-corrected chi connectivity index (χ1v) is 9.44. The van der Waals surface area contributed by atoms with Crippen LogP contribution in [-0.4, -0.2) is 4.92 Å². The van der Waals surface area contributed by atoms with Crippen LogP contribution in [0.3, 0.4) is 0 Å². The van der Waals surface area contributed by atoms with E-state index in [1.165, 1.54) is 50.2 Å². The Bertz CT molecular complexity index is 711. The minimum Gasteiger partial charge on any atom is -0.258 e. The average molecular weight is 360 g/mol. The van der Waals surface area contributed by atoms with Crippen LogP contribution < -0.4 is 0 Å². The Balaban J connectivity index is 2.05. The van der Waals surface area contributed by atoms with Gasteiger partial charge < -0.3 is 0 Å². The molecule has 0 aliphatic carbocycles. The third kappa shape index (κ3) is 5.57. The maximum absolute atomic E-state index is 11.3. The molecule has 0 bridgehead atoms. The second-order valence-corrected chi connectivity index (χ2v) is 7.00. The van der Waals surface area contributed by atoms with Gasteiger partial charge in [0.15, 0.2) is 0 Å². The van der Waals surface area contributed by atoms with Crippen LogP contribution >= 0.6 is 11.6 Å². The number of nitrogens with zero attached hydrogens (tertiary/aromatic N) is 1. The van der Waals surface area contributed by atoms with Gasteiger partial charge in [-0.2, -0.15) is 0 Å². The number of rotatable bonds is 9. The van der Waals surface area contributed by atoms with Crippen molar-refractivity contribution in [1.82, 2.24) is 0 Å². The van der Waals surface area contributed by atoms with Crippen LogP contribution in [0.25, 0.3) is 11.1 Å². The predicted molar refractivity (Wildman–Crippen MR) is 105 cm³/mol. The van der Waals surface area contributed by atoms with Gasteiger partial charge in [-0.25, -0.2) is 0 Å². The summed E-state index contributed by atoms with van der Waals surface area (Å²) < 4.78 is 0. The molecule has 0 amide bonds. The van der Waals surface area contributed by atoms with Gasteiger partial charge in [0.1, 0.15) is 0 Å². The van der Waals surface area contributed by atoms with E-state index < -0.39 is 0 Å². The molecule has 0 aliphatic heterocycles. The number of nitro benzene ring substituents is 1. The Kier molecular flexibility index (Phi) is 7.45. The van der Waals surface area contributed by atoms with Crippen molar-refractivity contribution in [3.8, 4) is 11.1 Å². The molecular weight excluding hydrogens is 334 g/mol. The molecule has 25 heavy (non-hydrogen) atoms. The first-order chi connectivity index (χ1) is 12.0. The summed E-state index contributed by atoms with van der Waals surface area (Å²) >= 11 is 6.04. The second kappa shape index (κ2) is 9.57. The number of halogens is 1. The quantitative estimate of drug-likeness (QED) is 0.271. The lowest BCUT2D eigenvalue weighted by molar-refractivity contribution is -0.384. The van der Waals surface area contributed by atoms with Crippen molar-refractivity contribution in [1.29, 1.82) is 0 Å². The van der Waals surface area contributed by atoms with Gasteiger partial charge in [-0.1, -0.05) is 74.9 Å². The van der Waals surface area contributed by atoms with Crippen LogP contribution in [-0.2, 0) is 6.42 Å². The third-order valence-corrected chi connectivity index (χ3v) is 4.96. The fraction of sp³-hybridized carbons (Fsp3) is 0.429. The van der Waals surface area contributed by atoms with Gasteiger partial charge in [-0.05, 0) is 42.5 Å². The average Bonchev–Trinajstić information content (AvgIpc) is 2.60. The Morgan fingerprint density at radius 1 is 1.00 bits per heavy atom. The predicted octanol–water partition coefficient (Wildman–Crippen LogP) is 7.13. The molecule has 2 rings (SSSR count). The lowest BCUT2D eigenvalue weighted by Gasteiger charge is -2.08. The van der Waals surface area contributed by atoms with Gasteiger partial charge in [0.25, 0.3) is 5.69 Å². The summed E-state index contributed by atoms with van der Waals surface area (Å²) in [6, 6.07) is 11.3. The lowest BCUT2D eigenvalue weighted by atomic mass is 9.98. The molecule has 4 heteroatoms. The van der Waals surface area contributed by atoms with Crippen molar-refractivity contribution in [2.24, 2.45) is 0 Å². The minimum atomic E-state index is -0.370. The summed E-state index contributed by atoms with van der Waals surface area (Å²) in [5.41, 5.74) is 3.67. The zero-order valence-corrected chi connectivity index (χ0v) is 15.8. The number of nitro groups is 1. The summed E-state index contributed by atoms with van der Waals surface area (Å²) in [7, 11) is 0. The van der Waals surface area contributed by atoms with E-state index in [2.05, 4.69) is 19.1 Å². The largest absolute Gasteiger partial charge is 0.278 e. The van der Waals surface area contributed by atoms with Crippen molar-refractivity contribution in [3.05, 3.63) is 62.7 Å². The molecule has 2 aromatic carbocycles. The molecule has 2 aromatic rings. The van der Waals surface area contributed by atoms with E-state index in [1.807, 2.05) is 19.1 Å². The molecule has 0 N–H and O–H groups in total. The number of aryl methyl sites for hydroxylation is 2. The van der Waals surface area contributed by atoms with Gasteiger partial charge in [-0.3, -0.25) is 10.1 Å². The lowest BCUT2D eigenvalue weighted by Crippen LogP contribution is -1.94. The van der Waals surface area contributed by atoms with Gasteiger partial charge in [0.05, 0.1) is 15.5 Å². The van der Waals surface area contributed by atoms with Crippen LogP contribution in [0.1, 0.15) is 56.6 Å². The van der Waals surface area contributed by atoms with E-state index in [0.29, 0.717) is 10.6 Å². The normalized spacial score (nSPS) is 10.8. The first-order valence-electron chi connectivity index (χ1n) is 9.06. The molecule has 134 valence electrons. The Hall–Kier alpha value is -1.87. The van der Waals surface area contributed by atoms with Crippen LogP contribution in [0.15, 0.2) is 36.4 Å². The van der Waals surface area contributed by atoms with Crippen molar-refractivity contribution in [2.45, 2.75) is 58.8 Å². The first kappa shape index (κ1) is 19.5. The van der Waals surface area contributed by atoms with Crippen LogP contribution in [0, 0.1) is 17.0 Å². The SMILES string of the molecule is CCCCCCCCc1ccc(-c2cc(C)c(Cl)cc2[N+](=O)[O-])cc1. The van der Waals surface area contributed by atoms with E-state index in [-0.39, 0.29) is 10.6 Å². The molecule has 3 nitrogen and oxygen atoms in total. The summed E-state index contributed by atoms with van der Waals surface area (Å²) in [6.45, 7) is 4.09. The fourth-order valence-electron chi connectivity index (χ4n) is 3.01. The number of unbranched alkanes of at least 4 members (excludes halogenated alkanes) is 5. The van der Waals surface area contributed by atoms with Gasteiger partial charge in [0, 0.05) is 6.07 Å². The topological polar surface area (TPSA) is 43.1 Å². The number of benzene rings is 2. The number of hydrogen-bond acceptors (Lipinski definition) is 2. The summed E-state index contributed by atoms with van der Waals surface area (Å²) in [5, 5.41) is 11.7. The van der Waals surface area contributed by atoms with Crippen molar-refractivity contribution >= 4 is 17.3 Å². The highest BCUT2D eigenvalue weighted by Crippen LogP contribution is 2.34. The molecule has 0 saturated heterocycles. The Morgan fingerprint density at radius 2 is 1.64 bits per heavy atom. The van der Waals surface area contributed by atoms with Gasteiger partial charge >= 0.3 is 0 Å². The molecule has 0 radical (unpaired) electrons. The Morgan fingerprint density at radius 3 is 2.28 bits per heavy atom. The summed E-state index contributed by atoms with van der Waals surface area (Å²) in [5.74, 6) is 0. The highest BCUT2D eigenvalue weighted by Gasteiger charge is 2.17. The van der Waals surface area contributed by atoms with E-state index in [9.17, 15) is 10.1 Å². The third-order valence-electron chi connectivity index (χ3n) is 4.56. The minimum absolute atomic E-state index is 0.0549. The smallest absolute Gasteiger partial charge is 0.258 e. The highest BCUT2D eigenvalue weighted by molar-refractivity contribution is 6.31. The van der Waals surface area contributed by atoms with Crippen molar-refractivity contribution in [2.75, 3.05) is 0 Å². The molecule has 0 saturated carbocycles. The molecule has 0 aromatic heterocycles. The van der Waals surface area contributed by atoms with Crippen molar-refractivity contribution in [3.63, 3.8) is 0 Å². The standard InChI is InChI=1S/C21H26ClNO2/c1-3-4-5-6-7-8-9-17-10-12-18(13-11-17)19-14-16(2)20(22)15-21(19)23(24)25/h10-15H,3-9H2,1-2H3. The maximum atomic E-state index is 11.3. The zero-order chi connectivity index (χ0) is 18.2. The molecule has 0 aliphatic rings. The molecule has 0 spiro atoms. The van der Waals surface area contributed by atoms with E-state index in [1.54, 1.807) is 6.07 Å².